The van der Waals surface area contributed by atoms with Gasteiger partial charge in [0, 0.05) is 5.92 Å². The van der Waals surface area contributed by atoms with Crippen molar-refractivity contribution < 1.29 is 23.9 Å². The topological polar surface area (TPSA) is 93.7 Å². The molecule has 0 aliphatic heterocycles. The molecular weight excluding hydrogens is 336 g/mol. The summed E-state index contributed by atoms with van der Waals surface area (Å²) in [6.45, 7) is 1.24. The molecule has 1 saturated carbocycles. The zero-order chi connectivity index (χ0) is 18.9. The van der Waals surface area contributed by atoms with Crippen LogP contribution in [0, 0.1) is 5.92 Å². The highest BCUT2D eigenvalue weighted by Gasteiger charge is 2.23. The summed E-state index contributed by atoms with van der Waals surface area (Å²) in [7, 11) is 1.50. The largest absolute Gasteiger partial charge is 0.495 e. The number of benzene rings is 1. The minimum absolute atomic E-state index is 0.0252. The fraction of sp³-hybridized carbons (Fsp3) is 0.526. The van der Waals surface area contributed by atoms with E-state index in [2.05, 4.69) is 10.6 Å². The van der Waals surface area contributed by atoms with Crippen LogP contribution in [0.1, 0.15) is 39.0 Å². The maximum atomic E-state index is 12.2. The minimum Gasteiger partial charge on any atom is -0.495 e. The second-order valence-corrected chi connectivity index (χ2v) is 6.37. The predicted octanol–water partition coefficient (Wildman–Crippen LogP) is 2.26. The quantitative estimate of drug-likeness (QED) is 0.726. The van der Waals surface area contributed by atoms with E-state index in [4.69, 9.17) is 9.47 Å². The molecule has 0 heterocycles. The Labute approximate surface area is 153 Å². The van der Waals surface area contributed by atoms with Crippen LogP contribution in [0.4, 0.5) is 5.69 Å². The third kappa shape index (κ3) is 5.75. The molecule has 1 fully saturated rings. The molecule has 2 rings (SSSR count). The Bertz CT molecular complexity index is 641. The number of hydrogen-bond donors (Lipinski definition) is 2. The summed E-state index contributed by atoms with van der Waals surface area (Å²) in [4.78, 5) is 36.1. The first-order chi connectivity index (χ1) is 12.5. The van der Waals surface area contributed by atoms with Gasteiger partial charge in [0.1, 0.15) is 12.3 Å². The van der Waals surface area contributed by atoms with Gasteiger partial charge >= 0.3 is 5.97 Å². The molecule has 1 aromatic carbocycles. The highest BCUT2D eigenvalue weighted by atomic mass is 16.5. The van der Waals surface area contributed by atoms with E-state index in [0.29, 0.717) is 11.4 Å². The van der Waals surface area contributed by atoms with Crippen LogP contribution in [-0.4, -0.2) is 37.5 Å². The molecular formula is C19H26N2O5. The minimum atomic E-state index is -0.987. The predicted molar refractivity (Wildman–Crippen MR) is 96.8 cm³/mol. The second-order valence-electron chi connectivity index (χ2n) is 6.37. The molecule has 0 unspecified atom stereocenters. The molecule has 0 spiro atoms. The number of nitrogens with one attached hydrogen (secondary N) is 2. The summed E-state index contributed by atoms with van der Waals surface area (Å²) < 4.78 is 10.2. The van der Waals surface area contributed by atoms with Gasteiger partial charge in [-0.05, 0) is 31.9 Å². The number of rotatable bonds is 7. The van der Waals surface area contributed by atoms with Gasteiger partial charge in [0.15, 0.2) is 6.10 Å². The molecule has 7 heteroatoms. The van der Waals surface area contributed by atoms with Gasteiger partial charge < -0.3 is 20.1 Å². The highest BCUT2D eigenvalue weighted by molar-refractivity contribution is 5.96. The first-order valence-electron chi connectivity index (χ1n) is 8.92. The molecule has 1 aliphatic carbocycles. The van der Waals surface area contributed by atoms with Gasteiger partial charge in [-0.3, -0.25) is 14.4 Å². The average molecular weight is 362 g/mol. The van der Waals surface area contributed by atoms with Crippen LogP contribution >= 0.6 is 0 Å². The molecule has 1 atom stereocenters. The van der Waals surface area contributed by atoms with Gasteiger partial charge in [-0.25, -0.2) is 0 Å². The van der Waals surface area contributed by atoms with Gasteiger partial charge in [0.2, 0.25) is 5.91 Å². The number of amides is 2. The normalized spacial score (nSPS) is 15.6. The van der Waals surface area contributed by atoms with Gasteiger partial charge in [-0.1, -0.05) is 31.4 Å². The molecule has 142 valence electrons. The molecule has 2 N–H and O–H groups in total. The summed E-state index contributed by atoms with van der Waals surface area (Å²) in [5.41, 5.74) is 0.494. The van der Waals surface area contributed by atoms with Gasteiger partial charge in [-0.2, -0.15) is 0 Å². The van der Waals surface area contributed by atoms with E-state index in [1.54, 1.807) is 24.3 Å². The van der Waals surface area contributed by atoms with Crippen LogP contribution in [0.3, 0.4) is 0 Å². The van der Waals surface area contributed by atoms with E-state index in [1.807, 2.05) is 0 Å². The number of methoxy groups -OCH3 is 1. The number of carbonyl (C=O) groups is 3. The van der Waals surface area contributed by atoms with Crippen molar-refractivity contribution in [2.24, 2.45) is 5.92 Å². The van der Waals surface area contributed by atoms with Crippen molar-refractivity contribution in [3.05, 3.63) is 24.3 Å². The Balaban J connectivity index is 1.76. The maximum Gasteiger partial charge on any atom is 0.326 e. The zero-order valence-corrected chi connectivity index (χ0v) is 15.2. The van der Waals surface area contributed by atoms with Crippen LogP contribution in [0.5, 0.6) is 5.75 Å². The molecule has 1 aliphatic rings. The number of esters is 1. The Kier molecular flexibility index (Phi) is 7.44. The molecule has 2 amide bonds. The van der Waals surface area contributed by atoms with Crippen LogP contribution in [0.2, 0.25) is 0 Å². The first-order valence-corrected chi connectivity index (χ1v) is 8.92. The van der Waals surface area contributed by atoms with E-state index >= 15 is 0 Å². The second kappa shape index (κ2) is 9.79. The summed E-state index contributed by atoms with van der Waals surface area (Å²) in [5.74, 6) is -0.743. The van der Waals surface area contributed by atoms with Crippen LogP contribution < -0.4 is 15.4 Å². The van der Waals surface area contributed by atoms with E-state index in [0.717, 1.165) is 32.1 Å². The summed E-state index contributed by atoms with van der Waals surface area (Å²) >= 11 is 0. The zero-order valence-electron chi connectivity index (χ0n) is 15.2. The highest BCUT2D eigenvalue weighted by Crippen LogP contribution is 2.24. The Morgan fingerprint density at radius 3 is 2.54 bits per heavy atom. The Morgan fingerprint density at radius 2 is 1.85 bits per heavy atom. The lowest BCUT2D eigenvalue weighted by atomic mass is 9.89. The van der Waals surface area contributed by atoms with Crippen LogP contribution in [-0.2, 0) is 19.1 Å². The number of ether oxygens (including phenoxy) is 2. The number of carbonyl (C=O) groups excluding carboxylic acids is 3. The Hall–Kier alpha value is -2.57. The molecule has 0 saturated heterocycles. The van der Waals surface area contributed by atoms with E-state index in [-0.39, 0.29) is 18.4 Å². The van der Waals surface area contributed by atoms with E-state index < -0.39 is 18.0 Å². The molecule has 26 heavy (non-hydrogen) atoms. The third-order valence-electron chi connectivity index (χ3n) is 4.43. The van der Waals surface area contributed by atoms with Gasteiger partial charge in [0.05, 0.1) is 12.8 Å². The number of hydrogen-bond acceptors (Lipinski definition) is 5. The Morgan fingerprint density at radius 1 is 1.15 bits per heavy atom. The average Bonchev–Trinajstić information content (AvgIpc) is 2.67. The molecule has 7 nitrogen and oxygen atoms in total. The fourth-order valence-electron chi connectivity index (χ4n) is 2.94. The van der Waals surface area contributed by atoms with Crippen molar-refractivity contribution in [1.82, 2.24) is 5.32 Å². The summed E-state index contributed by atoms with van der Waals surface area (Å²) in [5, 5.41) is 5.25. The van der Waals surface area contributed by atoms with Gasteiger partial charge in [0.25, 0.3) is 5.91 Å². The fourth-order valence-corrected chi connectivity index (χ4v) is 2.94. The summed E-state index contributed by atoms with van der Waals surface area (Å²) in [6, 6.07) is 6.95. The molecule has 0 bridgehead atoms. The van der Waals surface area contributed by atoms with E-state index in [1.165, 1.54) is 14.0 Å². The SMILES string of the molecule is COc1ccccc1NC(=O)[C@@H](C)OC(=O)CNC(=O)C1CCCCC1. The third-order valence-corrected chi connectivity index (χ3v) is 4.43. The number of anilines is 1. The maximum absolute atomic E-state index is 12.2. The lowest BCUT2D eigenvalue weighted by Crippen LogP contribution is -2.38. The summed E-state index contributed by atoms with van der Waals surface area (Å²) in [6.07, 6.45) is 3.98. The standard InChI is InChI=1S/C19H26N2O5/c1-13(18(23)21-15-10-6-7-11-16(15)25-2)26-17(22)12-20-19(24)14-8-4-3-5-9-14/h6-7,10-11,13-14H,3-5,8-9,12H2,1-2H3,(H,20,24)(H,21,23)/t13-/m1/s1. The first kappa shape index (κ1) is 19.8. The lowest BCUT2D eigenvalue weighted by molar-refractivity contribution is -0.153. The van der Waals surface area contributed by atoms with Crippen molar-refractivity contribution in [3.8, 4) is 5.75 Å². The van der Waals surface area contributed by atoms with Crippen LogP contribution in [0.25, 0.3) is 0 Å². The van der Waals surface area contributed by atoms with Crippen molar-refractivity contribution >= 4 is 23.5 Å². The smallest absolute Gasteiger partial charge is 0.326 e. The van der Waals surface area contributed by atoms with Crippen molar-refractivity contribution in [3.63, 3.8) is 0 Å². The van der Waals surface area contributed by atoms with Crippen molar-refractivity contribution in [1.29, 1.82) is 0 Å². The lowest BCUT2D eigenvalue weighted by Gasteiger charge is -2.20. The van der Waals surface area contributed by atoms with Crippen molar-refractivity contribution in [2.45, 2.75) is 45.1 Å². The molecule has 1 aromatic rings. The van der Waals surface area contributed by atoms with Crippen LogP contribution in [0.15, 0.2) is 24.3 Å². The van der Waals surface area contributed by atoms with Gasteiger partial charge in [-0.15, -0.1) is 0 Å². The molecule has 0 radical (unpaired) electrons. The molecule has 0 aromatic heterocycles. The van der Waals surface area contributed by atoms with E-state index in [9.17, 15) is 14.4 Å². The monoisotopic (exact) mass is 362 g/mol. The van der Waals surface area contributed by atoms with Crippen molar-refractivity contribution in [2.75, 3.05) is 19.0 Å². The number of para-hydroxylation sites is 2.